The maximum atomic E-state index is 13.1. The lowest BCUT2D eigenvalue weighted by Crippen LogP contribution is -2.58. The third kappa shape index (κ3) is 7.58. The monoisotopic (exact) mass is 468 g/mol. The van der Waals surface area contributed by atoms with Crippen molar-refractivity contribution in [2.24, 2.45) is 23.0 Å². The molecule has 2 rings (SSSR count). The maximum Gasteiger partial charge on any atom is 0.407 e. The van der Waals surface area contributed by atoms with Crippen LogP contribution in [-0.2, 0) is 9.53 Å². The molecule has 32 heavy (non-hydrogen) atoms. The first kappa shape index (κ1) is 26.8. The van der Waals surface area contributed by atoms with Crippen LogP contribution in [0.2, 0.25) is 0 Å². The van der Waals surface area contributed by atoms with Crippen molar-refractivity contribution in [2.45, 2.75) is 97.7 Å². The first-order valence-corrected chi connectivity index (χ1v) is 12.7. The summed E-state index contributed by atoms with van der Waals surface area (Å²) < 4.78 is 5.16. The molecule has 7 nitrogen and oxygen atoms in total. The molecular weight excluding hydrogens is 424 g/mol. The molecule has 1 saturated carbocycles. The summed E-state index contributed by atoms with van der Waals surface area (Å²) in [6.45, 7) is 12.1. The Balaban J connectivity index is 2.07. The van der Waals surface area contributed by atoms with Crippen molar-refractivity contribution in [1.82, 2.24) is 15.5 Å². The molecule has 0 bridgehead atoms. The Labute approximate surface area is 199 Å². The molecule has 0 spiro atoms. The van der Waals surface area contributed by atoms with E-state index in [1.807, 2.05) is 4.90 Å². The Kier molecular flexibility index (Phi) is 10.2. The molecule has 1 heterocycles. The minimum absolute atomic E-state index is 0.0382. The lowest BCUT2D eigenvalue weighted by Gasteiger charge is -2.40. The van der Waals surface area contributed by atoms with E-state index in [0.717, 1.165) is 51.5 Å². The van der Waals surface area contributed by atoms with Gasteiger partial charge >= 0.3 is 6.09 Å². The van der Waals surface area contributed by atoms with Crippen molar-refractivity contribution in [3.63, 3.8) is 0 Å². The fourth-order valence-corrected chi connectivity index (χ4v) is 5.87. The summed E-state index contributed by atoms with van der Waals surface area (Å²) in [5, 5.41) is 6.17. The van der Waals surface area contributed by atoms with Gasteiger partial charge in [-0.25, -0.2) is 4.79 Å². The van der Waals surface area contributed by atoms with Gasteiger partial charge in [0, 0.05) is 19.1 Å². The van der Waals surface area contributed by atoms with Crippen LogP contribution in [0.5, 0.6) is 0 Å². The van der Waals surface area contributed by atoms with E-state index in [-0.39, 0.29) is 23.4 Å². The van der Waals surface area contributed by atoms with E-state index >= 15 is 0 Å². The van der Waals surface area contributed by atoms with Crippen LogP contribution in [0.25, 0.3) is 0 Å². The number of carbonyl (C=O) groups is 2. The van der Waals surface area contributed by atoms with Gasteiger partial charge in [-0.05, 0) is 69.1 Å². The zero-order valence-electron chi connectivity index (χ0n) is 20.6. The Morgan fingerprint density at radius 3 is 2.44 bits per heavy atom. The van der Waals surface area contributed by atoms with Crippen LogP contribution in [0, 0.1) is 17.3 Å². The van der Waals surface area contributed by atoms with Crippen molar-refractivity contribution >= 4 is 29.2 Å². The van der Waals surface area contributed by atoms with Gasteiger partial charge in [0.15, 0.2) is 0 Å². The molecule has 184 valence electrons. The second kappa shape index (κ2) is 12.2. The fraction of sp³-hybridized carbons (Fsp3) is 0.875. The van der Waals surface area contributed by atoms with Gasteiger partial charge in [-0.3, -0.25) is 4.79 Å². The normalized spacial score (nSPS) is 24.8. The zero-order chi connectivity index (χ0) is 23.9. The van der Waals surface area contributed by atoms with Crippen LogP contribution in [0.15, 0.2) is 0 Å². The topological polar surface area (TPSA) is 96.7 Å². The maximum absolute atomic E-state index is 13.1. The van der Waals surface area contributed by atoms with Crippen molar-refractivity contribution in [3.8, 4) is 0 Å². The van der Waals surface area contributed by atoms with E-state index in [0.29, 0.717) is 36.0 Å². The number of carbonyl (C=O) groups excluding carboxylic acids is 2. The summed E-state index contributed by atoms with van der Waals surface area (Å²) in [7, 11) is 0. The van der Waals surface area contributed by atoms with E-state index in [2.05, 4.69) is 38.3 Å². The van der Waals surface area contributed by atoms with E-state index in [9.17, 15) is 9.59 Å². The minimum atomic E-state index is -0.465. The average Bonchev–Trinajstić information content (AvgIpc) is 3.20. The molecule has 2 atom stereocenters. The van der Waals surface area contributed by atoms with Gasteiger partial charge in [0.05, 0.1) is 12.6 Å². The van der Waals surface area contributed by atoms with Crippen LogP contribution in [-0.4, -0.2) is 59.7 Å². The third-order valence-electron chi connectivity index (χ3n) is 6.80. The highest BCUT2D eigenvalue weighted by atomic mass is 32.1. The van der Waals surface area contributed by atoms with Gasteiger partial charge in [-0.15, -0.1) is 0 Å². The Hall–Kier alpha value is -1.41. The van der Waals surface area contributed by atoms with Crippen molar-refractivity contribution in [2.75, 3.05) is 19.7 Å². The van der Waals surface area contributed by atoms with Crippen molar-refractivity contribution in [1.29, 1.82) is 0 Å². The first-order chi connectivity index (χ1) is 15.0. The SMILES string of the molecule is CCOC(=O)N[C@H](C(=S)N1CCC[C@H]1C(=O)NCC1CCC(N)CC1)C(C)(C)CC(C)C. The molecule has 2 amide bonds. The number of nitrogens with two attached hydrogens (primary N) is 1. The Morgan fingerprint density at radius 2 is 1.84 bits per heavy atom. The van der Waals surface area contributed by atoms with E-state index in [4.69, 9.17) is 22.7 Å². The molecule has 1 saturated heterocycles. The van der Waals surface area contributed by atoms with Crippen molar-refractivity contribution in [3.05, 3.63) is 0 Å². The number of likely N-dealkylation sites (tertiary alicyclic amines) is 1. The molecule has 1 aliphatic heterocycles. The molecule has 0 unspecified atom stereocenters. The number of rotatable bonds is 9. The number of hydrogen-bond donors (Lipinski definition) is 3. The fourth-order valence-electron chi connectivity index (χ4n) is 5.28. The number of ether oxygens (including phenoxy) is 1. The highest BCUT2D eigenvalue weighted by Gasteiger charge is 2.41. The van der Waals surface area contributed by atoms with Gasteiger partial charge in [-0.2, -0.15) is 0 Å². The van der Waals surface area contributed by atoms with Crippen LogP contribution in [0.4, 0.5) is 4.79 Å². The van der Waals surface area contributed by atoms with E-state index < -0.39 is 6.09 Å². The summed E-state index contributed by atoms with van der Waals surface area (Å²) in [6, 6.07) is -0.357. The van der Waals surface area contributed by atoms with Gasteiger partial charge in [0.1, 0.15) is 11.0 Å². The smallest absolute Gasteiger partial charge is 0.407 e. The second-order valence-electron chi connectivity index (χ2n) is 10.6. The quantitative estimate of drug-likeness (QED) is 0.448. The average molecular weight is 469 g/mol. The number of nitrogens with zero attached hydrogens (tertiary/aromatic N) is 1. The molecule has 2 aliphatic rings. The molecular formula is C24H44N4O3S. The predicted molar refractivity (Wildman–Crippen MR) is 132 cm³/mol. The number of amides is 2. The summed E-state index contributed by atoms with van der Waals surface area (Å²) in [5.74, 6) is 0.987. The molecule has 2 fully saturated rings. The summed E-state index contributed by atoms with van der Waals surface area (Å²) in [4.78, 5) is 28.1. The lowest BCUT2D eigenvalue weighted by atomic mass is 9.77. The standard InChI is InChI=1S/C24H44N4O3S/c1-6-31-23(30)27-20(24(4,5)14-16(2)3)22(32)28-13-7-8-19(28)21(29)26-15-17-9-11-18(25)12-10-17/h16-20H,6-15,25H2,1-5H3,(H,26,29)(H,27,30)/t17?,18?,19-,20+/m0/s1. The predicted octanol–water partition coefficient (Wildman–Crippen LogP) is 3.60. The van der Waals surface area contributed by atoms with Crippen LogP contribution in [0.3, 0.4) is 0 Å². The van der Waals surface area contributed by atoms with Gasteiger partial charge < -0.3 is 26.0 Å². The highest BCUT2D eigenvalue weighted by molar-refractivity contribution is 7.80. The van der Waals surface area contributed by atoms with Crippen molar-refractivity contribution < 1.29 is 14.3 Å². The Morgan fingerprint density at radius 1 is 1.19 bits per heavy atom. The lowest BCUT2D eigenvalue weighted by molar-refractivity contribution is -0.124. The number of nitrogens with one attached hydrogen (secondary N) is 2. The number of alkyl carbamates (subject to hydrolysis) is 1. The highest BCUT2D eigenvalue weighted by Crippen LogP contribution is 2.33. The van der Waals surface area contributed by atoms with Gasteiger partial charge in [0.2, 0.25) is 5.91 Å². The van der Waals surface area contributed by atoms with Gasteiger partial charge in [-0.1, -0.05) is 39.9 Å². The molecule has 0 aromatic rings. The largest absolute Gasteiger partial charge is 0.450 e. The summed E-state index contributed by atoms with van der Waals surface area (Å²) >= 11 is 5.92. The van der Waals surface area contributed by atoms with Crippen LogP contribution in [0.1, 0.15) is 79.6 Å². The second-order valence-corrected chi connectivity index (χ2v) is 11.0. The summed E-state index contributed by atoms with van der Waals surface area (Å²) in [6.07, 6.45) is 6.32. The molecule has 0 radical (unpaired) electrons. The minimum Gasteiger partial charge on any atom is -0.450 e. The van der Waals surface area contributed by atoms with Gasteiger partial charge in [0.25, 0.3) is 0 Å². The van der Waals surface area contributed by atoms with Crippen LogP contribution < -0.4 is 16.4 Å². The third-order valence-corrected chi connectivity index (χ3v) is 7.27. The molecule has 8 heteroatoms. The molecule has 1 aliphatic carbocycles. The zero-order valence-corrected chi connectivity index (χ0v) is 21.4. The molecule has 0 aromatic heterocycles. The Bertz CT molecular complexity index is 647. The van der Waals surface area contributed by atoms with E-state index in [1.54, 1.807) is 6.92 Å². The first-order valence-electron chi connectivity index (χ1n) is 12.3. The van der Waals surface area contributed by atoms with Crippen LogP contribution >= 0.6 is 12.2 Å². The number of thiocarbonyl (C=S) groups is 1. The summed E-state index contributed by atoms with van der Waals surface area (Å²) in [5.41, 5.74) is 5.73. The molecule has 0 aromatic carbocycles. The molecule has 4 N–H and O–H groups in total. The van der Waals surface area contributed by atoms with E-state index in [1.165, 1.54) is 0 Å². The number of hydrogen-bond acceptors (Lipinski definition) is 5.